The van der Waals surface area contributed by atoms with Crippen LogP contribution in [0.1, 0.15) is 22.8 Å². The topological polar surface area (TPSA) is 55.4 Å². The molecular formula is C17H16BrNO3. The molecule has 0 fully saturated rings. The van der Waals surface area contributed by atoms with E-state index in [1.807, 2.05) is 25.1 Å². The van der Waals surface area contributed by atoms with Crippen LogP contribution in [-0.4, -0.2) is 18.0 Å². The molecule has 1 atom stereocenters. The molecular weight excluding hydrogens is 346 g/mol. The van der Waals surface area contributed by atoms with Crippen LogP contribution in [0.4, 0.5) is 5.69 Å². The fourth-order valence-electron chi connectivity index (χ4n) is 1.83. The molecule has 0 heterocycles. The summed E-state index contributed by atoms with van der Waals surface area (Å²) in [5.74, 6) is -0.884. The highest BCUT2D eigenvalue weighted by Crippen LogP contribution is 2.15. The van der Waals surface area contributed by atoms with Gasteiger partial charge in [0.1, 0.15) is 0 Å². The summed E-state index contributed by atoms with van der Waals surface area (Å²) in [6, 6.07) is 14.2. The number of amides is 1. The summed E-state index contributed by atoms with van der Waals surface area (Å²) in [6.45, 7) is 3.43. The largest absolute Gasteiger partial charge is 0.449 e. The van der Waals surface area contributed by atoms with Crippen molar-refractivity contribution in [3.8, 4) is 0 Å². The van der Waals surface area contributed by atoms with Crippen molar-refractivity contribution in [2.75, 3.05) is 5.32 Å². The molecule has 0 saturated carbocycles. The highest BCUT2D eigenvalue weighted by Gasteiger charge is 2.19. The van der Waals surface area contributed by atoms with E-state index in [0.717, 1.165) is 10.0 Å². The first-order valence-electron chi connectivity index (χ1n) is 6.80. The maximum Gasteiger partial charge on any atom is 0.338 e. The molecule has 5 heteroatoms. The molecule has 4 nitrogen and oxygen atoms in total. The molecule has 2 rings (SSSR count). The van der Waals surface area contributed by atoms with Gasteiger partial charge in [-0.15, -0.1) is 0 Å². The monoisotopic (exact) mass is 361 g/mol. The third-order valence-corrected chi connectivity index (χ3v) is 3.55. The summed E-state index contributed by atoms with van der Waals surface area (Å²) < 4.78 is 6.11. The van der Waals surface area contributed by atoms with Gasteiger partial charge < -0.3 is 10.1 Å². The molecule has 0 aromatic heterocycles. The van der Waals surface area contributed by atoms with Crippen LogP contribution < -0.4 is 5.32 Å². The van der Waals surface area contributed by atoms with E-state index >= 15 is 0 Å². The van der Waals surface area contributed by atoms with Gasteiger partial charge in [0.15, 0.2) is 6.10 Å². The van der Waals surface area contributed by atoms with Gasteiger partial charge in [-0.05, 0) is 50.2 Å². The minimum atomic E-state index is -0.878. The van der Waals surface area contributed by atoms with Gasteiger partial charge in [0.05, 0.1) is 5.56 Å². The van der Waals surface area contributed by atoms with Gasteiger partial charge in [-0.25, -0.2) is 4.79 Å². The van der Waals surface area contributed by atoms with Gasteiger partial charge in [0, 0.05) is 10.2 Å². The molecule has 114 valence electrons. The molecule has 0 saturated heterocycles. The highest BCUT2D eigenvalue weighted by atomic mass is 79.9. The highest BCUT2D eigenvalue weighted by molar-refractivity contribution is 9.10. The molecule has 0 radical (unpaired) electrons. The number of aryl methyl sites for hydroxylation is 1. The van der Waals surface area contributed by atoms with Crippen LogP contribution in [0.25, 0.3) is 0 Å². The number of esters is 1. The Kier molecular flexibility index (Phi) is 5.33. The molecule has 1 N–H and O–H groups in total. The summed E-state index contributed by atoms with van der Waals surface area (Å²) in [5.41, 5.74) is 2.04. The van der Waals surface area contributed by atoms with Gasteiger partial charge >= 0.3 is 5.97 Å². The van der Waals surface area contributed by atoms with Gasteiger partial charge in [-0.3, -0.25) is 4.79 Å². The Balaban J connectivity index is 1.96. The molecule has 0 unspecified atom stereocenters. The number of halogens is 1. The van der Waals surface area contributed by atoms with Crippen LogP contribution in [0.5, 0.6) is 0 Å². The maximum absolute atomic E-state index is 12.0. The average Bonchev–Trinajstić information content (AvgIpc) is 2.49. The summed E-state index contributed by atoms with van der Waals surface area (Å²) >= 11 is 3.32. The Bertz CT molecular complexity index is 683. The SMILES string of the molecule is Cc1cccc(C(=O)O[C@H](C)C(=O)Nc2ccc(Br)cc2)c1. The van der Waals surface area contributed by atoms with E-state index in [1.54, 1.807) is 37.3 Å². The minimum Gasteiger partial charge on any atom is -0.449 e. The fourth-order valence-corrected chi connectivity index (χ4v) is 2.10. The number of anilines is 1. The zero-order chi connectivity index (χ0) is 16.1. The van der Waals surface area contributed by atoms with E-state index in [-0.39, 0.29) is 5.91 Å². The Labute approximate surface area is 137 Å². The molecule has 22 heavy (non-hydrogen) atoms. The maximum atomic E-state index is 12.0. The van der Waals surface area contributed by atoms with E-state index in [4.69, 9.17) is 4.74 Å². The van der Waals surface area contributed by atoms with E-state index in [1.165, 1.54) is 0 Å². The summed E-state index contributed by atoms with van der Waals surface area (Å²) in [5, 5.41) is 2.70. The zero-order valence-electron chi connectivity index (χ0n) is 12.3. The van der Waals surface area contributed by atoms with Crippen molar-refractivity contribution >= 4 is 33.5 Å². The lowest BCUT2D eigenvalue weighted by molar-refractivity contribution is -0.123. The quantitative estimate of drug-likeness (QED) is 0.839. The van der Waals surface area contributed by atoms with Gasteiger partial charge in [0.2, 0.25) is 0 Å². The third-order valence-electron chi connectivity index (χ3n) is 3.02. The fraction of sp³-hybridized carbons (Fsp3) is 0.176. The molecule has 0 bridgehead atoms. The second kappa shape index (κ2) is 7.22. The van der Waals surface area contributed by atoms with Crippen molar-refractivity contribution in [3.05, 3.63) is 64.1 Å². The van der Waals surface area contributed by atoms with Gasteiger partial charge in [0.25, 0.3) is 5.91 Å². The van der Waals surface area contributed by atoms with Gasteiger partial charge in [-0.2, -0.15) is 0 Å². The number of carbonyl (C=O) groups is 2. The molecule has 0 aliphatic carbocycles. The first-order chi connectivity index (χ1) is 10.5. The number of hydrogen-bond donors (Lipinski definition) is 1. The molecule has 0 spiro atoms. The number of nitrogens with one attached hydrogen (secondary N) is 1. The summed E-state index contributed by atoms with van der Waals surface area (Å²) in [6.07, 6.45) is -0.878. The van der Waals surface area contributed by atoms with Crippen LogP contribution in [0.3, 0.4) is 0 Å². The lowest BCUT2D eigenvalue weighted by Gasteiger charge is -2.13. The number of ether oxygens (including phenoxy) is 1. The molecule has 1 amide bonds. The molecule has 2 aromatic rings. The second-order valence-electron chi connectivity index (χ2n) is 4.91. The third kappa shape index (κ3) is 4.43. The van der Waals surface area contributed by atoms with Crippen molar-refractivity contribution < 1.29 is 14.3 Å². The lowest BCUT2D eigenvalue weighted by atomic mass is 10.1. The first-order valence-corrected chi connectivity index (χ1v) is 7.59. The lowest BCUT2D eigenvalue weighted by Crippen LogP contribution is -2.30. The first kappa shape index (κ1) is 16.2. The predicted octanol–water partition coefficient (Wildman–Crippen LogP) is 3.94. The van der Waals surface area contributed by atoms with Crippen LogP contribution in [0, 0.1) is 6.92 Å². The van der Waals surface area contributed by atoms with Crippen LogP contribution in [-0.2, 0) is 9.53 Å². The van der Waals surface area contributed by atoms with Crippen LogP contribution in [0.2, 0.25) is 0 Å². The van der Waals surface area contributed by atoms with Crippen molar-refractivity contribution in [2.24, 2.45) is 0 Å². The van der Waals surface area contributed by atoms with Crippen molar-refractivity contribution in [2.45, 2.75) is 20.0 Å². The summed E-state index contributed by atoms with van der Waals surface area (Å²) in [7, 11) is 0. The summed E-state index contributed by atoms with van der Waals surface area (Å²) in [4.78, 5) is 24.0. The van der Waals surface area contributed by atoms with E-state index in [2.05, 4.69) is 21.2 Å². The van der Waals surface area contributed by atoms with E-state index < -0.39 is 12.1 Å². The predicted molar refractivity (Wildman–Crippen MR) is 88.8 cm³/mol. The number of rotatable bonds is 4. The van der Waals surface area contributed by atoms with Gasteiger partial charge in [-0.1, -0.05) is 33.6 Å². The average molecular weight is 362 g/mol. The normalized spacial score (nSPS) is 11.6. The van der Waals surface area contributed by atoms with E-state index in [0.29, 0.717) is 11.3 Å². The van der Waals surface area contributed by atoms with Crippen molar-refractivity contribution in [1.82, 2.24) is 0 Å². The molecule has 0 aliphatic heterocycles. The smallest absolute Gasteiger partial charge is 0.338 e. The molecule has 0 aliphatic rings. The zero-order valence-corrected chi connectivity index (χ0v) is 13.9. The van der Waals surface area contributed by atoms with Crippen molar-refractivity contribution in [3.63, 3.8) is 0 Å². The van der Waals surface area contributed by atoms with Crippen LogP contribution in [0.15, 0.2) is 53.0 Å². The van der Waals surface area contributed by atoms with E-state index in [9.17, 15) is 9.59 Å². The Hall–Kier alpha value is -2.14. The minimum absolute atomic E-state index is 0.372. The van der Waals surface area contributed by atoms with Crippen molar-refractivity contribution in [1.29, 1.82) is 0 Å². The molecule has 2 aromatic carbocycles. The number of carbonyl (C=O) groups excluding carboxylic acids is 2. The Morgan fingerprint density at radius 3 is 2.45 bits per heavy atom. The second-order valence-corrected chi connectivity index (χ2v) is 5.83. The number of benzene rings is 2. The Morgan fingerprint density at radius 2 is 1.82 bits per heavy atom. The van der Waals surface area contributed by atoms with Crippen LogP contribution >= 0.6 is 15.9 Å². The standard InChI is InChI=1S/C17H16BrNO3/c1-11-4-3-5-13(10-11)17(21)22-12(2)16(20)19-15-8-6-14(18)7-9-15/h3-10,12H,1-2H3,(H,19,20)/t12-/m1/s1. The number of hydrogen-bond acceptors (Lipinski definition) is 3. The Morgan fingerprint density at radius 1 is 1.14 bits per heavy atom.